The summed E-state index contributed by atoms with van der Waals surface area (Å²) in [5.74, 6) is 1.74. The van der Waals surface area contributed by atoms with Gasteiger partial charge in [0.2, 0.25) is 0 Å². The molecule has 1 atom stereocenters. The molecule has 0 aliphatic heterocycles. The van der Waals surface area contributed by atoms with Gasteiger partial charge in [0.15, 0.2) is 17.1 Å². The molecule has 1 aromatic carbocycles. The summed E-state index contributed by atoms with van der Waals surface area (Å²) < 4.78 is 9.25. The van der Waals surface area contributed by atoms with E-state index < -0.39 is 4.92 Å². The Morgan fingerprint density at radius 2 is 2.19 bits per heavy atom. The average Bonchev–Trinajstić information content (AvgIpc) is 3.23. The van der Waals surface area contributed by atoms with Crippen LogP contribution in [0.1, 0.15) is 24.4 Å². The Balaban J connectivity index is 1.66. The molecule has 11 heteroatoms. The zero-order chi connectivity index (χ0) is 19.6. The van der Waals surface area contributed by atoms with Crippen LogP contribution in [0.4, 0.5) is 5.69 Å². The van der Waals surface area contributed by atoms with Gasteiger partial charge in [-0.05, 0) is 37.6 Å². The molecule has 2 aromatic heterocycles. The molecule has 0 aliphatic rings. The van der Waals surface area contributed by atoms with Crippen LogP contribution in [0.2, 0.25) is 5.02 Å². The lowest BCUT2D eigenvalue weighted by atomic mass is 10.2. The zero-order valence-electron chi connectivity index (χ0n) is 14.9. The highest BCUT2D eigenvalue weighted by molar-refractivity contribution is 7.98. The van der Waals surface area contributed by atoms with Crippen LogP contribution in [0, 0.1) is 17.0 Å². The number of nitrogens with zero attached hydrogens (tertiary/aromatic N) is 6. The third-order valence-corrected chi connectivity index (χ3v) is 5.26. The number of aryl methyl sites for hydroxylation is 1. The van der Waals surface area contributed by atoms with Crippen LogP contribution in [0.3, 0.4) is 0 Å². The lowest BCUT2D eigenvalue weighted by Gasteiger charge is -2.15. The number of nitro groups is 1. The van der Waals surface area contributed by atoms with Crippen molar-refractivity contribution in [3.63, 3.8) is 0 Å². The number of ether oxygens (including phenoxy) is 1. The maximum atomic E-state index is 10.7. The molecular formula is C16H17ClN6O3S. The normalized spacial score (nSPS) is 12.1. The summed E-state index contributed by atoms with van der Waals surface area (Å²) in [5.41, 5.74) is 0.887. The molecule has 3 rings (SSSR count). The van der Waals surface area contributed by atoms with Gasteiger partial charge in [0.25, 0.3) is 0 Å². The Kier molecular flexibility index (Phi) is 5.66. The van der Waals surface area contributed by atoms with Crippen molar-refractivity contribution in [2.45, 2.75) is 31.0 Å². The molecule has 0 N–H and O–H groups in total. The second-order valence-electron chi connectivity index (χ2n) is 5.84. The van der Waals surface area contributed by atoms with Crippen LogP contribution >= 0.6 is 23.4 Å². The summed E-state index contributed by atoms with van der Waals surface area (Å²) in [7, 11) is 1.84. The monoisotopic (exact) mass is 408 g/mol. The average molecular weight is 409 g/mol. The van der Waals surface area contributed by atoms with E-state index in [4.69, 9.17) is 16.3 Å². The highest BCUT2D eigenvalue weighted by Gasteiger charge is 2.18. The standard InChI is InChI=1S/C16H17ClN6O3S/c1-10-6-13(4-5-14(10)17)26-11(2)15-19-20-16(21(15)3)27-9-22-8-12(7-18-22)23(24)25/h4-8,11H,9H2,1-3H3. The van der Waals surface area contributed by atoms with Gasteiger partial charge in [0, 0.05) is 12.1 Å². The van der Waals surface area contributed by atoms with Gasteiger partial charge in [0.05, 0.1) is 10.8 Å². The molecule has 27 heavy (non-hydrogen) atoms. The van der Waals surface area contributed by atoms with Gasteiger partial charge in [-0.2, -0.15) is 5.10 Å². The second-order valence-corrected chi connectivity index (χ2v) is 7.16. The van der Waals surface area contributed by atoms with Crippen molar-refractivity contribution in [2.75, 3.05) is 0 Å². The second kappa shape index (κ2) is 7.97. The number of rotatable bonds is 7. The topological polar surface area (TPSA) is 101 Å². The molecule has 0 bridgehead atoms. The van der Waals surface area contributed by atoms with E-state index in [9.17, 15) is 10.1 Å². The first-order chi connectivity index (χ1) is 12.8. The van der Waals surface area contributed by atoms with Gasteiger partial charge < -0.3 is 9.30 Å². The Labute approximate surface area is 164 Å². The maximum Gasteiger partial charge on any atom is 0.307 e. The number of hydrogen-bond acceptors (Lipinski definition) is 7. The van der Waals surface area contributed by atoms with Crippen molar-refractivity contribution in [3.8, 4) is 5.75 Å². The third kappa shape index (κ3) is 4.40. The fourth-order valence-electron chi connectivity index (χ4n) is 2.39. The Morgan fingerprint density at radius 3 is 2.85 bits per heavy atom. The highest BCUT2D eigenvalue weighted by Crippen LogP contribution is 2.27. The Morgan fingerprint density at radius 1 is 1.41 bits per heavy atom. The van der Waals surface area contributed by atoms with Crippen molar-refractivity contribution < 1.29 is 9.66 Å². The van der Waals surface area contributed by atoms with Crippen molar-refractivity contribution in [3.05, 3.63) is 57.1 Å². The first-order valence-electron chi connectivity index (χ1n) is 7.97. The Bertz CT molecular complexity index is 973. The predicted octanol–water partition coefficient (Wildman–Crippen LogP) is 3.77. The molecule has 0 fully saturated rings. The van der Waals surface area contributed by atoms with Gasteiger partial charge in [-0.15, -0.1) is 10.2 Å². The summed E-state index contributed by atoms with van der Waals surface area (Å²) in [6.45, 7) is 3.80. The van der Waals surface area contributed by atoms with Gasteiger partial charge in [0.1, 0.15) is 18.1 Å². The number of halogens is 1. The van der Waals surface area contributed by atoms with Gasteiger partial charge in [-0.1, -0.05) is 23.4 Å². The molecule has 0 amide bonds. The summed E-state index contributed by atoms with van der Waals surface area (Å²) in [6.07, 6.45) is 2.27. The van der Waals surface area contributed by atoms with Crippen molar-refractivity contribution in [2.24, 2.45) is 7.05 Å². The van der Waals surface area contributed by atoms with Crippen LogP contribution in [-0.2, 0) is 12.9 Å². The molecule has 2 heterocycles. The first-order valence-corrected chi connectivity index (χ1v) is 9.33. The minimum Gasteiger partial charge on any atom is -0.483 e. The lowest BCUT2D eigenvalue weighted by molar-refractivity contribution is -0.385. The molecule has 0 aliphatic carbocycles. The summed E-state index contributed by atoms with van der Waals surface area (Å²) >= 11 is 7.41. The molecule has 3 aromatic rings. The third-order valence-electron chi connectivity index (χ3n) is 3.83. The molecule has 0 saturated carbocycles. The van der Waals surface area contributed by atoms with E-state index in [0.29, 0.717) is 27.6 Å². The van der Waals surface area contributed by atoms with Crippen LogP contribution < -0.4 is 4.74 Å². The molecular weight excluding hydrogens is 392 g/mol. The fourth-order valence-corrected chi connectivity index (χ4v) is 3.29. The van der Waals surface area contributed by atoms with Crippen LogP contribution in [0.25, 0.3) is 0 Å². The minimum absolute atomic E-state index is 0.0467. The van der Waals surface area contributed by atoms with E-state index >= 15 is 0 Å². The van der Waals surface area contributed by atoms with Crippen molar-refractivity contribution in [1.82, 2.24) is 24.5 Å². The minimum atomic E-state index is -0.480. The predicted molar refractivity (Wildman–Crippen MR) is 101 cm³/mol. The first kappa shape index (κ1) is 19.2. The lowest BCUT2D eigenvalue weighted by Crippen LogP contribution is -2.10. The SMILES string of the molecule is Cc1cc(OC(C)c2nnc(SCn3cc([N+](=O)[O-])cn3)n2C)ccc1Cl. The summed E-state index contributed by atoms with van der Waals surface area (Å²) in [5, 5.41) is 24.4. The van der Waals surface area contributed by atoms with Crippen LogP contribution in [-0.4, -0.2) is 29.5 Å². The number of aromatic nitrogens is 5. The molecule has 0 saturated heterocycles. The van der Waals surface area contributed by atoms with E-state index in [-0.39, 0.29) is 11.8 Å². The van der Waals surface area contributed by atoms with Gasteiger partial charge in [-0.3, -0.25) is 14.8 Å². The molecule has 0 radical (unpaired) electrons. The largest absolute Gasteiger partial charge is 0.483 e. The van der Waals surface area contributed by atoms with Crippen molar-refractivity contribution in [1.29, 1.82) is 0 Å². The molecule has 0 spiro atoms. The van der Waals surface area contributed by atoms with E-state index in [1.807, 2.05) is 37.6 Å². The van der Waals surface area contributed by atoms with Crippen LogP contribution in [0.5, 0.6) is 5.75 Å². The van der Waals surface area contributed by atoms with E-state index in [1.165, 1.54) is 28.8 Å². The smallest absolute Gasteiger partial charge is 0.307 e. The van der Waals surface area contributed by atoms with Crippen molar-refractivity contribution >= 4 is 29.1 Å². The fraction of sp³-hybridized carbons (Fsp3) is 0.312. The van der Waals surface area contributed by atoms with E-state index in [1.54, 1.807) is 6.07 Å². The Hall–Kier alpha value is -2.59. The molecule has 142 valence electrons. The van der Waals surface area contributed by atoms with E-state index in [0.717, 1.165) is 5.56 Å². The number of benzene rings is 1. The quantitative estimate of drug-likeness (QED) is 0.333. The zero-order valence-corrected chi connectivity index (χ0v) is 16.4. The summed E-state index contributed by atoms with van der Waals surface area (Å²) in [6, 6.07) is 5.47. The number of hydrogen-bond donors (Lipinski definition) is 0. The molecule has 1 unspecified atom stereocenters. The van der Waals surface area contributed by atoms with E-state index in [2.05, 4.69) is 15.3 Å². The highest BCUT2D eigenvalue weighted by atomic mass is 35.5. The van der Waals surface area contributed by atoms with Gasteiger partial charge >= 0.3 is 5.69 Å². The summed E-state index contributed by atoms with van der Waals surface area (Å²) in [4.78, 5) is 10.2. The maximum absolute atomic E-state index is 10.7. The van der Waals surface area contributed by atoms with Gasteiger partial charge in [-0.25, -0.2) is 0 Å². The molecule has 9 nitrogen and oxygen atoms in total. The number of thioether (sulfide) groups is 1. The van der Waals surface area contributed by atoms with Crippen LogP contribution in [0.15, 0.2) is 35.7 Å².